The van der Waals surface area contributed by atoms with Crippen LogP contribution in [0.25, 0.3) is 22.3 Å². The SMILES string of the molecule is CC1=CC(=O)C(CNC(=O)c2cc(-c3ccc(CCCCN(C)C)cc3)nc3c2cnn3C(C)C)C(C)=C1. The molecule has 38 heavy (non-hydrogen) atoms. The van der Waals surface area contributed by atoms with Crippen LogP contribution < -0.4 is 5.32 Å². The molecular weight excluding hydrogens is 474 g/mol. The van der Waals surface area contributed by atoms with Gasteiger partial charge in [0.25, 0.3) is 5.91 Å². The first-order chi connectivity index (χ1) is 18.1. The van der Waals surface area contributed by atoms with Crippen molar-refractivity contribution < 1.29 is 9.59 Å². The van der Waals surface area contributed by atoms with Crippen LogP contribution in [0.15, 0.2) is 59.8 Å². The van der Waals surface area contributed by atoms with Crippen LogP contribution >= 0.6 is 0 Å². The fraction of sp³-hybridized carbons (Fsp3) is 0.419. The van der Waals surface area contributed by atoms with Gasteiger partial charge in [-0.1, -0.05) is 35.9 Å². The summed E-state index contributed by atoms with van der Waals surface area (Å²) in [5, 5.41) is 8.23. The summed E-state index contributed by atoms with van der Waals surface area (Å²) in [6.45, 7) is 9.29. The van der Waals surface area contributed by atoms with Gasteiger partial charge in [0.2, 0.25) is 0 Å². The highest BCUT2D eigenvalue weighted by Crippen LogP contribution is 2.27. The lowest BCUT2D eigenvalue weighted by Crippen LogP contribution is -2.34. The van der Waals surface area contributed by atoms with Gasteiger partial charge in [0, 0.05) is 18.2 Å². The van der Waals surface area contributed by atoms with Crippen LogP contribution in [0.1, 0.15) is 62.5 Å². The number of rotatable bonds is 10. The highest BCUT2D eigenvalue weighted by atomic mass is 16.2. The maximum atomic E-state index is 13.5. The molecule has 1 unspecified atom stereocenters. The molecule has 1 amide bonds. The third kappa shape index (κ3) is 6.27. The van der Waals surface area contributed by atoms with Crippen molar-refractivity contribution in [1.29, 1.82) is 0 Å². The van der Waals surface area contributed by atoms with Gasteiger partial charge in [0.15, 0.2) is 11.4 Å². The smallest absolute Gasteiger partial charge is 0.252 e. The number of carbonyl (C=O) groups is 2. The maximum Gasteiger partial charge on any atom is 0.252 e. The minimum atomic E-state index is -0.344. The van der Waals surface area contributed by atoms with Crippen LogP contribution in [0.5, 0.6) is 0 Å². The molecule has 200 valence electrons. The van der Waals surface area contributed by atoms with E-state index in [1.54, 1.807) is 12.3 Å². The normalized spacial score (nSPS) is 15.8. The number of aromatic nitrogens is 3. The number of aryl methyl sites for hydroxylation is 1. The Labute approximate surface area is 225 Å². The molecule has 4 rings (SSSR count). The lowest BCUT2D eigenvalue weighted by Gasteiger charge is -2.20. The van der Waals surface area contributed by atoms with Crippen molar-refractivity contribution in [1.82, 2.24) is 25.0 Å². The van der Waals surface area contributed by atoms with E-state index >= 15 is 0 Å². The van der Waals surface area contributed by atoms with Gasteiger partial charge in [-0.25, -0.2) is 9.67 Å². The second kappa shape index (κ2) is 11.9. The molecule has 0 aliphatic heterocycles. The standard InChI is InChI=1S/C31H39N5O2/c1-20(2)36-30-27(19-33-36)25(31(38)32-18-26-22(4)15-21(3)16-29(26)37)17-28(34-30)24-12-10-23(11-13-24)9-7-8-14-35(5)6/h10-13,15-17,19-20,26H,7-9,14,18H2,1-6H3,(H,32,38). The zero-order valence-corrected chi connectivity index (χ0v) is 23.4. The summed E-state index contributed by atoms with van der Waals surface area (Å²) in [7, 11) is 4.20. The highest BCUT2D eigenvalue weighted by Gasteiger charge is 2.24. The number of carbonyl (C=O) groups excluding carboxylic acids is 2. The van der Waals surface area contributed by atoms with Gasteiger partial charge in [0.1, 0.15) is 0 Å². The van der Waals surface area contributed by atoms with Crippen LogP contribution in [0.4, 0.5) is 0 Å². The Morgan fingerprint density at radius 2 is 1.84 bits per heavy atom. The fourth-order valence-electron chi connectivity index (χ4n) is 4.93. The molecule has 1 atom stereocenters. The predicted molar refractivity (Wildman–Crippen MR) is 153 cm³/mol. The van der Waals surface area contributed by atoms with Gasteiger partial charge in [-0.15, -0.1) is 0 Å². The molecule has 1 aromatic carbocycles. The van der Waals surface area contributed by atoms with Crippen molar-refractivity contribution in [3.05, 3.63) is 71.0 Å². The first-order valence-corrected chi connectivity index (χ1v) is 13.4. The number of amides is 1. The molecule has 0 saturated heterocycles. The summed E-state index contributed by atoms with van der Waals surface area (Å²) in [5.41, 5.74) is 6.08. The molecule has 0 radical (unpaired) electrons. The monoisotopic (exact) mass is 513 g/mol. The van der Waals surface area contributed by atoms with Gasteiger partial charge < -0.3 is 10.2 Å². The van der Waals surface area contributed by atoms with Gasteiger partial charge in [-0.05, 0) is 90.9 Å². The molecule has 7 heteroatoms. The van der Waals surface area contributed by atoms with E-state index in [2.05, 4.69) is 53.7 Å². The Bertz CT molecular complexity index is 1380. The van der Waals surface area contributed by atoms with Gasteiger partial charge in [-0.2, -0.15) is 5.10 Å². The van der Waals surface area contributed by atoms with Crippen LogP contribution in [0.3, 0.4) is 0 Å². The maximum absolute atomic E-state index is 13.5. The quantitative estimate of drug-likeness (QED) is 0.368. The van der Waals surface area contributed by atoms with E-state index in [1.807, 2.05) is 44.5 Å². The average molecular weight is 514 g/mol. The first-order valence-electron chi connectivity index (χ1n) is 13.4. The molecule has 0 saturated carbocycles. The minimum Gasteiger partial charge on any atom is -0.351 e. The third-order valence-corrected chi connectivity index (χ3v) is 7.06. The average Bonchev–Trinajstić information content (AvgIpc) is 3.30. The van der Waals surface area contributed by atoms with Crippen LogP contribution in [0.2, 0.25) is 0 Å². The van der Waals surface area contributed by atoms with Crippen molar-refractivity contribution in [3.63, 3.8) is 0 Å². The molecule has 0 bridgehead atoms. The van der Waals surface area contributed by atoms with E-state index < -0.39 is 0 Å². The van der Waals surface area contributed by atoms with Crippen molar-refractivity contribution in [3.8, 4) is 11.3 Å². The predicted octanol–water partition coefficient (Wildman–Crippen LogP) is 5.38. The molecule has 0 spiro atoms. The molecular formula is C31H39N5O2. The Morgan fingerprint density at radius 1 is 1.11 bits per heavy atom. The van der Waals surface area contributed by atoms with Gasteiger partial charge in [0.05, 0.1) is 28.8 Å². The number of hydrogen-bond donors (Lipinski definition) is 1. The second-order valence-electron chi connectivity index (χ2n) is 10.9. The molecule has 2 aromatic heterocycles. The summed E-state index contributed by atoms with van der Waals surface area (Å²) in [4.78, 5) is 33.1. The van der Waals surface area contributed by atoms with Crippen LogP contribution in [-0.2, 0) is 11.2 Å². The summed E-state index contributed by atoms with van der Waals surface area (Å²) in [6, 6.07) is 10.4. The lowest BCUT2D eigenvalue weighted by atomic mass is 9.88. The highest BCUT2D eigenvalue weighted by molar-refractivity contribution is 6.07. The summed E-state index contributed by atoms with van der Waals surface area (Å²) < 4.78 is 1.85. The zero-order chi connectivity index (χ0) is 27.4. The molecule has 1 N–H and O–H groups in total. The van der Waals surface area contributed by atoms with Crippen molar-refractivity contribution in [2.24, 2.45) is 5.92 Å². The third-order valence-electron chi connectivity index (χ3n) is 7.06. The van der Waals surface area contributed by atoms with E-state index in [9.17, 15) is 9.59 Å². The summed E-state index contributed by atoms with van der Waals surface area (Å²) in [5.74, 6) is -0.549. The van der Waals surface area contributed by atoms with Crippen molar-refractivity contribution >= 4 is 22.7 Å². The molecule has 3 aromatic rings. The Hall–Kier alpha value is -3.58. The molecule has 2 heterocycles. The lowest BCUT2D eigenvalue weighted by molar-refractivity contribution is -0.117. The van der Waals surface area contributed by atoms with E-state index in [4.69, 9.17) is 4.98 Å². The largest absolute Gasteiger partial charge is 0.351 e. The summed E-state index contributed by atoms with van der Waals surface area (Å²) >= 11 is 0. The number of allylic oxidation sites excluding steroid dienone is 3. The van der Waals surface area contributed by atoms with Gasteiger partial charge >= 0.3 is 0 Å². The van der Waals surface area contributed by atoms with E-state index in [-0.39, 0.29) is 30.2 Å². The number of fused-ring (bicyclic) bond motifs is 1. The Balaban J connectivity index is 1.59. The minimum absolute atomic E-state index is 0.0257. The molecule has 0 fully saturated rings. The molecule has 1 aliphatic rings. The molecule has 7 nitrogen and oxygen atoms in total. The Morgan fingerprint density at radius 3 is 2.50 bits per heavy atom. The van der Waals surface area contributed by atoms with Crippen molar-refractivity contribution in [2.75, 3.05) is 27.2 Å². The fourth-order valence-corrected chi connectivity index (χ4v) is 4.93. The van der Waals surface area contributed by atoms with Crippen LogP contribution in [0, 0.1) is 5.92 Å². The van der Waals surface area contributed by atoms with E-state index in [0.717, 1.165) is 41.8 Å². The number of ketones is 1. The number of hydrogen-bond acceptors (Lipinski definition) is 5. The molecule has 1 aliphatic carbocycles. The number of nitrogens with zero attached hydrogens (tertiary/aromatic N) is 4. The topological polar surface area (TPSA) is 80.1 Å². The number of unbranched alkanes of at least 4 members (excludes halogenated alkanes) is 1. The first kappa shape index (κ1) is 27.5. The number of nitrogens with one attached hydrogen (secondary N) is 1. The zero-order valence-electron chi connectivity index (χ0n) is 23.4. The number of benzene rings is 1. The van der Waals surface area contributed by atoms with E-state index in [0.29, 0.717) is 16.6 Å². The van der Waals surface area contributed by atoms with Gasteiger partial charge in [-0.3, -0.25) is 9.59 Å². The van der Waals surface area contributed by atoms with Crippen LogP contribution in [-0.4, -0.2) is 58.5 Å². The van der Waals surface area contributed by atoms with Crippen molar-refractivity contribution in [2.45, 2.75) is 53.0 Å². The number of pyridine rings is 1. The second-order valence-corrected chi connectivity index (χ2v) is 10.9. The summed E-state index contributed by atoms with van der Waals surface area (Å²) in [6.07, 6.45) is 8.71. The van der Waals surface area contributed by atoms with E-state index in [1.165, 1.54) is 12.0 Å². The Kier molecular flexibility index (Phi) is 8.57.